The summed E-state index contributed by atoms with van der Waals surface area (Å²) < 4.78 is 0.383. The van der Waals surface area contributed by atoms with Crippen LogP contribution in [0.2, 0.25) is 0 Å². The van der Waals surface area contributed by atoms with E-state index < -0.39 is 0 Å². The first kappa shape index (κ1) is 11.9. The standard InChI is InChI=1S/C10H20N2OS/c1-3-11-7-4-9(13)12-8-10(14-2)5-6-10/h11H,3-8H2,1-2H3,(H,12,13). The van der Waals surface area contributed by atoms with Gasteiger partial charge in [0.1, 0.15) is 0 Å². The molecule has 0 heterocycles. The highest BCUT2D eigenvalue weighted by Crippen LogP contribution is 2.46. The molecule has 0 atom stereocenters. The van der Waals surface area contributed by atoms with Gasteiger partial charge in [-0.15, -0.1) is 0 Å². The number of amides is 1. The van der Waals surface area contributed by atoms with Gasteiger partial charge in [-0.05, 0) is 25.6 Å². The third kappa shape index (κ3) is 3.88. The highest BCUT2D eigenvalue weighted by molar-refractivity contribution is 8.00. The summed E-state index contributed by atoms with van der Waals surface area (Å²) in [4.78, 5) is 11.3. The first-order valence-electron chi connectivity index (χ1n) is 5.25. The highest BCUT2D eigenvalue weighted by atomic mass is 32.2. The summed E-state index contributed by atoms with van der Waals surface area (Å²) in [5, 5.41) is 6.14. The number of carbonyl (C=O) groups excluding carboxylic acids is 1. The quantitative estimate of drug-likeness (QED) is 0.624. The Hall–Kier alpha value is -0.220. The van der Waals surface area contributed by atoms with Crippen molar-refractivity contribution in [3.63, 3.8) is 0 Å². The maximum absolute atomic E-state index is 11.3. The van der Waals surface area contributed by atoms with Crippen LogP contribution in [0.3, 0.4) is 0 Å². The Kier molecular flexibility index (Phi) is 4.75. The molecule has 14 heavy (non-hydrogen) atoms. The normalized spacial score (nSPS) is 17.9. The second-order valence-corrected chi connectivity index (χ2v) is 5.04. The zero-order valence-electron chi connectivity index (χ0n) is 9.06. The van der Waals surface area contributed by atoms with Crippen LogP contribution in [0.15, 0.2) is 0 Å². The van der Waals surface area contributed by atoms with Crippen molar-refractivity contribution in [1.82, 2.24) is 10.6 Å². The molecule has 1 aliphatic carbocycles. The van der Waals surface area contributed by atoms with Crippen molar-refractivity contribution >= 4 is 17.7 Å². The van der Waals surface area contributed by atoms with Crippen molar-refractivity contribution in [2.24, 2.45) is 0 Å². The van der Waals surface area contributed by atoms with Crippen LogP contribution in [0.4, 0.5) is 0 Å². The van der Waals surface area contributed by atoms with E-state index in [9.17, 15) is 4.79 Å². The lowest BCUT2D eigenvalue weighted by Gasteiger charge is -2.12. The molecule has 3 nitrogen and oxygen atoms in total. The summed E-state index contributed by atoms with van der Waals surface area (Å²) in [5.74, 6) is 0.172. The van der Waals surface area contributed by atoms with E-state index >= 15 is 0 Å². The van der Waals surface area contributed by atoms with Gasteiger partial charge in [-0.1, -0.05) is 6.92 Å². The van der Waals surface area contributed by atoms with Crippen molar-refractivity contribution in [2.45, 2.75) is 30.9 Å². The predicted molar refractivity (Wildman–Crippen MR) is 61.7 cm³/mol. The van der Waals surface area contributed by atoms with Crippen molar-refractivity contribution in [1.29, 1.82) is 0 Å². The monoisotopic (exact) mass is 216 g/mol. The minimum Gasteiger partial charge on any atom is -0.355 e. The van der Waals surface area contributed by atoms with E-state index in [1.165, 1.54) is 12.8 Å². The second-order valence-electron chi connectivity index (χ2n) is 3.77. The molecule has 0 aromatic carbocycles. The van der Waals surface area contributed by atoms with Gasteiger partial charge in [-0.2, -0.15) is 11.8 Å². The summed E-state index contributed by atoms with van der Waals surface area (Å²) in [7, 11) is 0. The summed E-state index contributed by atoms with van der Waals surface area (Å²) in [5.41, 5.74) is 0. The molecule has 1 rings (SSSR count). The van der Waals surface area contributed by atoms with E-state index in [0.29, 0.717) is 11.2 Å². The van der Waals surface area contributed by atoms with Gasteiger partial charge in [-0.3, -0.25) is 4.79 Å². The Balaban J connectivity index is 2.03. The lowest BCUT2D eigenvalue weighted by Crippen LogP contribution is -2.33. The Labute approximate surface area is 90.4 Å². The highest BCUT2D eigenvalue weighted by Gasteiger charge is 2.41. The Morgan fingerprint density at radius 2 is 2.21 bits per heavy atom. The van der Waals surface area contributed by atoms with Crippen LogP contribution in [-0.4, -0.2) is 36.5 Å². The molecular formula is C10H20N2OS. The number of carbonyl (C=O) groups is 1. The summed E-state index contributed by atoms with van der Waals surface area (Å²) in [6.07, 6.45) is 5.22. The van der Waals surface area contributed by atoms with E-state index in [2.05, 4.69) is 16.9 Å². The van der Waals surface area contributed by atoms with Gasteiger partial charge >= 0.3 is 0 Å². The number of hydrogen-bond donors (Lipinski definition) is 2. The zero-order chi connectivity index (χ0) is 10.4. The van der Waals surface area contributed by atoms with Crippen molar-refractivity contribution in [3.8, 4) is 0 Å². The zero-order valence-corrected chi connectivity index (χ0v) is 9.88. The molecular weight excluding hydrogens is 196 g/mol. The van der Waals surface area contributed by atoms with Gasteiger partial charge in [0, 0.05) is 24.3 Å². The van der Waals surface area contributed by atoms with E-state index in [0.717, 1.165) is 19.6 Å². The summed E-state index contributed by atoms with van der Waals surface area (Å²) in [6, 6.07) is 0. The SMILES string of the molecule is CCNCCC(=O)NCC1(SC)CC1. The van der Waals surface area contributed by atoms with Crippen LogP contribution >= 0.6 is 11.8 Å². The largest absolute Gasteiger partial charge is 0.355 e. The number of hydrogen-bond acceptors (Lipinski definition) is 3. The van der Waals surface area contributed by atoms with E-state index in [4.69, 9.17) is 0 Å². The molecule has 2 N–H and O–H groups in total. The smallest absolute Gasteiger partial charge is 0.221 e. The summed E-state index contributed by atoms with van der Waals surface area (Å²) in [6.45, 7) is 4.61. The Morgan fingerprint density at radius 3 is 2.71 bits per heavy atom. The lowest BCUT2D eigenvalue weighted by atomic mass is 10.3. The topological polar surface area (TPSA) is 41.1 Å². The first-order valence-corrected chi connectivity index (χ1v) is 6.47. The van der Waals surface area contributed by atoms with Crippen molar-refractivity contribution < 1.29 is 4.79 Å². The van der Waals surface area contributed by atoms with Crippen LogP contribution in [0.1, 0.15) is 26.2 Å². The fourth-order valence-corrected chi connectivity index (χ4v) is 2.05. The van der Waals surface area contributed by atoms with Gasteiger partial charge in [0.2, 0.25) is 5.91 Å². The molecule has 1 aliphatic rings. The average molecular weight is 216 g/mol. The molecule has 1 saturated carbocycles. The van der Waals surface area contributed by atoms with E-state index in [1.54, 1.807) is 0 Å². The Morgan fingerprint density at radius 1 is 1.50 bits per heavy atom. The second kappa shape index (κ2) is 5.61. The summed E-state index contributed by atoms with van der Waals surface area (Å²) >= 11 is 1.88. The van der Waals surface area contributed by atoms with Gasteiger partial charge in [-0.25, -0.2) is 0 Å². The number of rotatable bonds is 7. The van der Waals surface area contributed by atoms with Crippen molar-refractivity contribution in [2.75, 3.05) is 25.9 Å². The Bertz CT molecular complexity index is 193. The molecule has 0 unspecified atom stereocenters. The predicted octanol–water partition coefficient (Wildman–Crippen LogP) is 0.998. The van der Waals surface area contributed by atoms with Gasteiger partial charge < -0.3 is 10.6 Å². The third-order valence-corrected chi connectivity index (χ3v) is 4.05. The molecule has 0 radical (unpaired) electrons. The average Bonchev–Trinajstić information content (AvgIpc) is 2.96. The fraction of sp³-hybridized carbons (Fsp3) is 0.900. The fourth-order valence-electron chi connectivity index (χ4n) is 1.32. The molecule has 0 bridgehead atoms. The van der Waals surface area contributed by atoms with Crippen LogP contribution < -0.4 is 10.6 Å². The molecule has 0 aromatic heterocycles. The van der Waals surface area contributed by atoms with E-state index in [1.807, 2.05) is 18.7 Å². The van der Waals surface area contributed by atoms with Crippen LogP contribution in [-0.2, 0) is 4.79 Å². The first-order chi connectivity index (χ1) is 6.72. The molecule has 1 fully saturated rings. The van der Waals surface area contributed by atoms with Gasteiger partial charge in [0.05, 0.1) is 0 Å². The lowest BCUT2D eigenvalue weighted by molar-refractivity contribution is -0.121. The molecule has 0 aliphatic heterocycles. The molecule has 0 aromatic rings. The van der Waals surface area contributed by atoms with Crippen LogP contribution in [0.5, 0.6) is 0 Å². The van der Waals surface area contributed by atoms with Crippen LogP contribution in [0.25, 0.3) is 0 Å². The van der Waals surface area contributed by atoms with E-state index in [-0.39, 0.29) is 5.91 Å². The molecule has 0 saturated heterocycles. The molecule has 4 heteroatoms. The third-order valence-electron chi connectivity index (χ3n) is 2.63. The number of thioether (sulfide) groups is 1. The maximum atomic E-state index is 11.3. The minimum absolute atomic E-state index is 0.172. The molecule has 82 valence electrons. The van der Waals surface area contributed by atoms with Gasteiger partial charge in [0.15, 0.2) is 0 Å². The number of nitrogens with one attached hydrogen (secondary N) is 2. The minimum atomic E-state index is 0.172. The maximum Gasteiger partial charge on any atom is 0.221 e. The van der Waals surface area contributed by atoms with Crippen molar-refractivity contribution in [3.05, 3.63) is 0 Å². The van der Waals surface area contributed by atoms with Crippen LogP contribution in [0, 0.1) is 0 Å². The molecule has 1 amide bonds. The molecule has 0 spiro atoms. The van der Waals surface area contributed by atoms with Gasteiger partial charge in [0.25, 0.3) is 0 Å².